The summed E-state index contributed by atoms with van der Waals surface area (Å²) in [6, 6.07) is 7.81. The largest absolute Gasteiger partial charge is 0.437 e. The predicted molar refractivity (Wildman–Crippen MR) is 95.3 cm³/mol. The van der Waals surface area contributed by atoms with Gasteiger partial charge in [0.2, 0.25) is 5.88 Å². The predicted octanol–water partition coefficient (Wildman–Crippen LogP) is 2.35. The van der Waals surface area contributed by atoms with Crippen molar-refractivity contribution in [1.82, 2.24) is 19.8 Å². The molecule has 0 amide bonds. The van der Waals surface area contributed by atoms with Crippen molar-refractivity contribution in [2.75, 3.05) is 27.2 Å². The molecule has 0 radical (unpaired) electrons. The number of aryl methyl sites for hydroxylation is 1. The van der Waals surface area contributed by atoms with Crippen molar-refractivity contribution in [2.45, 2.75) is 19.4 Å². The van der Waals surface area contributed by atoms with Crippen LogP contribution in [0.5, 0.6) is 11.6 Å². The number of pyridine rings is 2. The Morgan fingerprint density at radius 3 is 2.84 bits per heavy atom. The molecule has 1 N–H and O–H groups in total. The molecule has 1 aliphatic heterocycles. The lowest BCUT2D eigenvalue weighted by Crippen LogP contribution is -2.35. The third-order valence-corrected chi connectivity index (χ3v) is 4.38. The van der Waals surface area contributed by atoms with Crippen molar-refractivity contribution in [1.29, 1.82) is 0 Å². The van der Waals surface area contributed by atoms with Gasteiger partial charge in [-0.2, -0.15) is 0 Å². The van der Waals surface area contributed by atoms with Gasteiger partial charge in [0.05, 0.1) is 11.8 Å². The van der Waals surface area contributed by atoms with Crippen molar-refractivity contribution in [2.24, 2.45) is 5.16 Å². The van der Waals surface area contributed by atoms with E-state index in [1.54, 1.807) is 18.5 Å². The molecule has 1 saturated heterocycles. The third kappa shape index (κ3) is 3.88. The van der Waals surface area contributed by atoms with E-state index < -0.39 is 0 Å². The molecule has 0 aromatic carbocycles. The second-order valence-corrected chi connectivity index (χ2v) is 6.37. The van der Waals surface area contributed by atoms with Crippen LogP contribution in [0.4, 0.5) is 0 Å². The van der Waals surface area contributed by atoms with Crippen LogP contribution in [-0.2, 0) is 0 Å². The zero-order chi connectivity index (χ0) is 17.8. The molecule has 132 valence electrons. The molecule has 1 unspecified atom stereocenters. The molecule has 3 rings (SSSR count). The van der Waals surface area contributed by atoms with Crippen molar-refractivity contribution in [3.05, 3.63) is 47.9 Å². The number of nitrogens with zero attached hydrogens (tertiary/aromatic N) is 5. The summed E-state index contributed by atoms with van der Waals surface area (Å²) in [6.07, 6.45) is 4.33. The molecule has 7 nitrogen and oxygen atoms in total. The van der Waals surface area contributed by atoms with E-state index in [2.05, 4.69) is 39.0 Å². The lowest BCUT2D eigenvalue weighted by molar-refractivity contribution is 0.289. The third-order valence-electron chi connectivity index (χ3n) is 4.38. The summed E-state index contributed by atoms with van der Waals surface area (Å²) in [6.45, 7) is 3.52. The zero-order valence-electron chi connectivity index (χ0n) is 14.8. The highest BCUT2D eigenvalue weighted by Gasteiger charge is 2.29. The van der Waals surface area contributed by atoms with Crippen LogP contribution in [-0.4, -0.2) is 64.0 Å². The summed E-state index contributed by atoms with van der Waals surface area (Å²) in [4.78, 5) is 12.8. The number of oxime groups is 1. The van der Waals surface area contributed by atoms with Crippen molar-refractivity contribution in [3.63, 3.8) is 0 Å². The highest BCUT2D eigenvalue weighted by atomic mass is 16.5. The van der Waals surface area contributed by atoms with E-state index in [4.69, 9.17) is 4.74 Å². The Labute approximate surface area is 147 Å². The standard InChI is InChI=1S/C18H23N5O2/c1-13-6-7-16(18(20-13)25-15-5-4-9-19-11-15)17(21-24)23-10-8-14(12-23)22(2)3/h4-7,9,11,14,24H,8,10,12H2,1-3H3/b21-17-. The van der Waals surface area contributed by atoms with Crippen LogP contribution in [0, 0.1) is 6.92 Å². The van der Waals surface area contributed by atoms with Gasteiger partial charge in [0.1, 0.15) is 5.75 Å². The molecule has 1 aliphatic rings. The molecule has 1 atom stereocenters. The fourth-order valence-electron chi connectivity index (χ4n) is 2.94. The van der Waals surface area contributed by atoms with Gasteiger partial charge in [0.25, 0.3) is 0 Å². The van der Waals surface area contributed by atoms with Gasteiger partial charge >= 0.3 is 0 Å². The molecule has 2 aromatic rings. The summed E-state index contributed by atoms with van der Waals surface area (Å²) >= 11 is 0. The number of ether oxygens (including phenoxy) is 1. The summed E-state index contributed by atoms with van der Waals surface area (Å²) in [7, 11) is 4.13. The average molecular weight is 341 g/mol. The van der Waals surface area contributed by atoms with E-state index in [1.165, 1.54) is 0 Å². The SMILES string of the molecule is Cc1ccc(/C(=N/O)N2CCC(N(C)C)C2)c(Oc2cccnc2)n1. The lowest BCUT2D eigenvalue weighted by Gasteiger charge is -2.23. The van der Waals surface area contributed by atoms with E-state index in [1.807, 2.05) is 25.1 Å². The second kappa shape index (κ2) is 7.48. The van der Waals surface area contributed by atoms with E-state index in [-0.39, 0.29) is 0 Å². The first-order valence-electron chi connectivity index (χ1n) is 8.28. The van der Waals surface area contributed by atoms with E-state index >= 15 is 0 Å². The molecule has 1 fully saturated rings. The summed E-state index contributed by atoms with van der Waals surface area (Å²) in [5.74, 6) is 1.48. The Hall–Kier alpha value is -2.67. The van der Waals surface area contributed by atoms with E-state index in [0.717, 1.165) is 25.2 Å². The first kappa shape index (κ1) is 17.2. The van der Waals surface area contributed by atoms with Crippen molar-refractivity contribution in [3.8, 4) is 11.6 Å². The summed E-state index contributed by atoms with van der Waals surface area (Å²) < 4.78 is 5.90. The quantitative estimate of drug-likeness (QED) is 0.398. The van der Waals surface area contributed by atoms with Crippen LogP contribution >= 0.6 is 0 Å². The van der Waals surface area contributed by atoms with Crippen LogP contribution in [0.15, 0.2) is 41.8 Å². The van der Waals surface area contributed by atoms with Crippen LogP contribution in [0.3, 0.4) is 0 Å². The van der Waals surface area contributed by atoms with Crippen molar-refractivity contribution >= 4 is 5.84 Å². The maximum absolute atomic E-state index is 9.66. The topological polar surface area (TPSA) is 74.1 Å². The highest BCUT2D eigenvalue weighted by molar-refractivity contribution is 6.00. The molecular formula is C18H23N5O2. The van der Waals surface area contributed by atoms with Gasteiger partial charge in [-0.1, -0.05) is 5.16 Å². The van der Waals surface area contributed by atoms with E-state index in [9.17, 15) is 5.21 Å². The Morgan fingerprint density at radius 2 is 2.20 bits per heavy atom. The minimum absolute atomic E-state index is 0.411. The second-order valence-electron chi connectivity index (χ2n) is 6.37. The van der Waals surface area contributed by atoms with E-state index in [0.29, 0.717) is 29.1 Å². The minimum Gasteiger partial charge on any atom is -0.437 e. The zero-order valence-corrected chi connectivity index (χ0v) is 14.8. The average Bonchev–Trinajstić information content (AvgIpc) is 3.08. The van der Waals surface area contributed by atoms with Gasteiger partial charge in [-0.05, 0) is 51.7 Å². The molecule has 0 spiro atoms. The molecule has 3 heterocycles. The number of likely N-dealkylation sites (N-methyl/N-ethyl adjacent to an activating group) is 1. The van der Waals surface area contributed by atoms with Gasteiger partial charge in [-0.25, -0.2) is 4.98 Å². The number of hydrogen-bond donors (Lipinski definition) is 1. The first-order valence-corrected chi connectivity index (χ1v) is 8.28. The molecule has 0 saturated carbocycles. The maximum Gasteiger partial charge on any atom is 0.230 e. The normalized spacial score (nSPS) is 18.0. The lowest BCUT2D eigenvalue weighted by atomic mass is 10.2. The summed E-state index contributed by atoms with van der Waals surface area (Å²) in [5, 5.41) is 13.2. The van der Waals surface area contributed by atoms with Crippen LogP contribution in [0.25, 0.3) is 0 Å². The Balaban J connectivity index is 1.90. The number of amidine groups is 1. The Morgan fingerprint density at radius 1 is 1.36 bits per heavy atom. The van der Waals surface area contributed by atoms with Gasteiger partial charge < -0.3 is 19.7 Å². The number of aromatic nitrogens is 2. The molecule has 0 bridgehead atoms. The smallest absolute Gasteiger partial charge is 0.230 e. The molecular weight excluding hydrogens is 318 g/mol. The Bertz CT molecular complexity index is 748. The van der Waals surface area contributed by atoms with Gasteiger partial charge in [0.15, 0.2) is 5.84 Å². The fourth-order valence-corrected chi connectivity index (χ4v) is 2.94. The van der Waals surface area contributed by atoms with Crippen LogP contribution < -0.4 is 4.74 Å². The first-order chi connectivity index (χ1) is 12.1. The highest BCUT2D eigenvalue weighted by Crippen LogP contribution is 2.26. The van der Waals surface area contributed by atoms with Gasteiger partial charge in [-0.15, -0.1) is 0 Å². The molecule has 25 heavy (non-hydrogen) atoms. The number of rotatable bonds is 4. The minimum atomic E-state index is 0.411. The maximum atomic E-state index is 9.66. The van der Waals surface area contributed by atoms with Crippen LogP contribution in [0.2, 0.25) is 0 Å². The van der Waals surface area contributed by atoms with Gasteiger partial charge in [0, 0.05) is 31.0 Å². The Kier molecular flexibility index (Phi) is 5.14. The molecule has 2 aromatic heterocycles. The monoisotopic (exact) mass is 341 g/mol. The van der Waals surface area contributed by atoms with Crippen LogP contribution in [0.1, 0.15) is 17.7 Å². The number of likely N-dealkylation sites (tertiary alicyclic amines) is 1. The fraction of sp³-hybridized carbons (Fsp3) is 0.389. The van der Waals surface area contributed by atoms with Gasteiger partial charge in [-0.3, -0.25) is 4.98 Å². The molecule has 7 heteroatoms. The molecule has 0 aliphatic carbocycles. The van der Waals surface area contributed by atoms with Crippen molar-refractivity contribution < 1.29 is 9.94 Å². The number of hydrogen-bond acceptors (Lipinski definition) is 6. The summed E-state index contributed by atoms with van der Waals surface area (Å²) in [5.41, 5.74) is 1.49.